The van der Waals surface area contributed by atoms with Gasteiger partial charge in [0.15, 0.2) is 5.76 Å². The fourth-order valence-corrected chi connectivity index (χ4v) is 2.77. The maximum Gasteiger partial charge on any atom is 0.224 e. The molecule has 0 saturated heterocycles. The van der Waals surface area contributed by atoms with E-state index in [9.17, 15) is 4.79 Å². The number of nitrogens with zero attached hydrogens (tertiary/aromatic N) is 1. The molecule has 3 aromatic rings. The standard InChI is InChI=1S/C13H9ClN2O2S/c14-8-1-2-10-7(3-8)4-11(18-10)9-6-19-13(16-9)5-12(15)17/h1-4,6H,5H2,(H2,15,17). The first-order valence-corrected chi connectivity index (χ1v) is 6.80. The molecule has 0 fully saturated rings. The lowest BCUT2D eigenvalue weighted by atomic mass is 10.2. The van der Waals surface area contributed by atoms with E-state index in [2.05, 4.69) is 4.98 Å². The summed E-state index contributed by atoms with van der Waals surface area (Å²) in [6.07, 6.45) is 0.150. The van der Waals surface area contributed by atoms with Crippen LogP contribution >= 0.6 is 22.9 Å². The molecule has 1 amide bonds. The molecule has 2 aromatic heterocycles. The molecule has 6 heteroatoms. The van der Waals surface area contributed by atoms with E-state index in [0.29, 0.717) is 21.5 Å². The zero-order valence-corrected chi connectivity index (χ0v) is 11.3. The molecule has 2 heterocycles. The van der Waals surface area contributed by atoms with E-state index in [-0.39, 0.29) is 6.42 Å². The van der Waals surface area contributed by atoms with E-state index in [1.165, 1.54) is 11.3 Å². The second kappa shape index (κ2) is 4.68. The summed E-state index contributed by atoms with van der Waals surface area (Å²) in [5, 5.41) is 4.11. The third kappa shape index (κ3) is 2.47. The Labute approximate surface area is 117 Å². The van der Waals surface area contributed by atoms with Crippen molar-refractivity contribution in [1.29, 1.82) is 0 Å². The zero-order chi connectivity index (χ0) is 13.4. The number of furan rings is 1. The van der Waals surface area contributed by atoms with Crippen molar-refractivity contribution in [2.45, 2.75) is 6.42 Å². The molecule has 0 spiro atoms. The second-order valence-electron chi connectivity index (χ2n) is 4.06. The number of thiazole rings is 1. The van der Waals surface area contributed by atoms with E-state index in [0.717, 1.165) is 11.0 Å². The van der Waals surface area contributed by atoms with Crippen LogP contribution < -0.4 is 5.73 Å². The Hall–Kier alpha value is -1.85. The Morgan fingerprint density at radius 1 is 1.42 bits per heavy atom. The predicted octanol–water partition coefficient (Wildman–Crippen LogP) is 3.24. The SMILES string of the molecule is NC(=O)Cc1nc(-c2cc3cc(Cl)ccc3o2)cs1. The number of carbonyl (C=O) groups is 1. The molecule has 4 nitrogen and oxygen atoms in total. The molecule has 0 unspecified atom stereocenters. The van der Waals surface area contributed by atoms with E-state index in [4.69, 9.17) is 21.8 Å². The molecule has 0 aliphatic carbocycles. The van der Waals surface area contributed by atoms with E-state index in [1.807, 2.05) is 23.6 Å². The Morgan fingerprint density at radius 3 is 3.05 bits per heavy atom. The number of fused-ring (bicyclic) bond motifs is 1. The van der Waals surface area contributed by atoms with Crippen LogP contribution in [0.4, 0.5) is 0 Å². The summed E-state index contributed by atoms with van der Waals surface area (Å²) >= 11 is 7.32. The highest BCUT2D eigenvalue weighted by Crippen LogP contribution is 2.30. The quantitative estimate of drug-likeness (QED) is 0.805. The summed E-state index contributed by atoms with van der Waals surface area (Å²) in [5.74, 6) is 0.265. The smallest absolute Gasteiger partial charge is 0.224 e. The maximum absolute atomic E-state index is 10.8. The summed E-state index contributed by atoms with van der Waals surface area (Å²) in [4.78, 5) is 15.2. The van der Waals surface area contributed by atoms with Crippen molar-refractivity contribution in [2.75, 3.05) is 0 Å². The molecular formula is C13H9ClN2O2S. The van der Waals surface area contributed by atoms with Gasteiger partial charge in [-0.25, -0.2) is 4.98 Å². The van der Waals surface area contributed by atoms with Crippen LogP contribution in [0.1, 0.15) is 5.01 Å². The Kier molecular flexibility index (Phi) is 3.00. The van der Waals surface area contributed by atoms with Crippen LogP contribution in [0.3, 0.4) is 0 Å². The first-order valence-electron chi connectivity index (χ1n) is 5.54. The third-order valence-electron chi connectivity index (χ3n) is 2.61. The molecule has 3 rings (SSSR count). The van der Waals surface area contributed by atoms with Crippen molar-refractivity contribution in [3.8, 4) is 11.5 Å². The van der Waals surface area contributed by atoms with E-state index in [1.54, 1.807) is 6.07 Å². The molecule has 0 saturated carbocycles. The Balaban J connectivity index is 1.99. The minimum atomic E-state index is -0.391. The van der Waals surface area contributed by atoms with Crippen LogP contribution in [0.5, 0.6) is 0 Å². The van der Waals surface area contributed by atoms with Crippen LogP contribution in [0.2, 0.25) is 5.02 Å². The van der Waals surface area contributed by atoms with Crippen LogP contribution in [-0.2, 0) is 11.2 Å². The van der Waals surface area contributed by atoms with Crippen LogP contribution in [0.25, 0.3) is 22.4 Å². The van der Waals surface area contributed by atoms with Gasteiger partial charge in [0.2, 0.25) is 5.91 Å². The molecule has 96 valence electrons. The zero-order valence-electron chi connectivity index (χ0n) is 9.72. The van der Waals surface area contributed by atoms with Gasteiger partial charge >= 0.3 is 0 Å². The van der Waals surface area contributed by atoms with Gasteiger partial charge in [-0.05, 0) is 24.3 Å². The number of carbonyl (C=O) groups excluding carboxylic acids is 1. The summed E-state index contributed by atoms with van der Waals surface area (Å²) in [6.45, 7) is 0. The van der Waals surface area contributed by atoms with E-state index < -0.39 is 5.91 Å². The molecule has 1 aromatic carbocycles. The van der Waals surface area contributed by atoms with Crippen molar-refractivity contribution in [3.05, 3.63) is 39.7 Å². The Morgan fingerprint density at radius 2 is 2.26 bits per heavy atom. The fraction of sp³-hybridized carbons (Fsp3) is 0.0769. The molecule has 0 aliphatic heterocycles. The van der Waals surface area contributed by atoms with Gasteiger partial charge in [0.1, 0.15) is 16.3 Å². The number of benzene rings is 1. The summed E-state index contributed by atoms with van der Waals surface area (Å²) in [6, 6.07) is 7.31. The highest BCUT2D eigenvalue weighted by molar-refractivity contribution is 7.10. The number of hydrogen-bond donors (Lipinski definition) is 1. The summed E-state index contributed by atoms with van der Waals surface area (Å²) < 4.78 is 5.70. The molecular weight excluding hydrogens is 284 g/mol. The number of rotatable bonds is 3. The number of hydrogen-bond acceptors (Lipinski definition) is 4. The number of amides is 1. The molecule has 0 radical (unpaired) electrons. The monoisotopic (exact) mass is 292 g/mol. The molecule has 0 aliphatic rings. The van der Waals surface area contributed by atoms with E-state index >= 15 is 0 Å². The van der Waals surface area contributed by atoms with Crippen molar-refractivity contribution in [2.24, 2.45) is 5.73 Å². The van der Waals surface area contributed by atoms with Crippen molar-refractivity contribution in [1.82, 2.24) is 4.98 Å². The summed E-state index contributed by atoms with van der Waals surface area (Å²) in [7, 11) is 0. The summed E-state index contributed by atoms with van der Waals surface area (Å²) in [5.41, 5.74) is 6.60. The molecule has 2 N–H and O–H groups in total. The fourth-order valence-electron chi connectivity index (χ4n) is 1.79. The van der Waals surface area contributed by atoms with Crippen LogP contribution in [0.15, 0.2) is 34.1 Å². The van der Waals surface area contributed by atoms with Gasteiger partial charge in [0, 0.05) is 15.8 Å². The lowest BCUT2D eigenvalue weighted by molar-refractivity contribution is -0.117. The van der Waals surface area contributed by atoms with Crippen LogP contribution in [-0.4, -0.2) is 10.9 Å². The highest BCUT2D eigenvalue weighted by Gasteiger charge is 2.11. The lowest BCUT2D eigenvalue weighted by Crippen LogP contribution is -2.13. The topological polar surface area (TPSA) is 69.1 Å². The lowest BCUT2D eigenvalue weighted by Gasteiger charge is -1.89. The van der Waals surface area contributed by atoms with Gasteiger partial charge in [-0.2, -0.15) is 0 Å². The van der Waals surface area contributed by atoms with Crippen molar-refractivity contribution >= 4 is 39.8 Å². The van der Waals surface area contributed by atoms with Crippen molar-refractivity contribution in [3.63, 3.8) is 0 Å². The van der Waals surface area contributed by atoms with Gasteiger partial charge in [-0.1, -0.05) is 11.6 Å². The minimum absolute atomic E-state index is 0.150. The number of nitrogens with two attached hydrogens (primary N) is 1. The maximum atomic E-state index is 10.8. The number of halogens is 1. The third-order valence-corrected chi connectivity index (χ3v) is 3.69. The largest absolute Gasteiger partial charge is 0.454 e. The predicted molar refractivity (Wildman–Crippen MR) is 75.2 cm³/mol. The average Bonchev–Trinajstić information content (AvgIpc) is 2.93. The first kappa shape index (κ1) is 12.2. The molecule has 0 atom stereocenters. The van der Waals surface area contributed by atoms with Gasteiger partial charge < -0.3 is 10.2 Å². The number of aromatic nitrogens is 1. The van der Waals surface area contributed by atoms with Gasteiger partial charge in [-0.15, -0.1) is 11.3 Å². The highest BCUT2D eigenvalue weighted by atomic mass is 35.5. The second-order valence-corrected chi connectivity index (χ2v) is 5.44. The average molecular weight is 293 g/mol. The number of primary amides is 1. The van der Waals surface area contributed by atoms with Gasteiger partial charge in [0.05, 0.1) is 6.42 Å². The Bertz CT molecular complexity index is 763. The minimum Gasteiger partial charge on any atom is -0.454 e. The molecule has 0 bridgehead atoms. The first-order chi connectivity index (χ1) is 9.11. The van der Waals surface area contributed by atoms with Crippen LogP contribution in [0, 0.1) is 0 Å². The van der Waals surface area contributed by atoms with Crippen molar-refractivity contribution < 1.29 is 9.21 Å². The normalized spacial score (nSPS) is 11.0. The molecule has 19 heavy (non-hydrogen) atoms. The van der Waals surface area contributed by atoms with Gasteiger partial charge in [0.25, 0.3) is 0 Å². The van der Waals surface area contributed by atoms with Gasteiger partial charge in [-0.3, -0.25) is 4.79 Å².